The van der Waals surface area contributed by atoms with Gasteiger partial charge in [0.25, 0.3) is 0 Å². The number of hydrogen-bond donors (Lipinski definition) is 2. The molecule has 1 aliphatic carbocycles. The van der Waals surface area contributed by atoms with E-state index in [9.17, 15) is 4.79 Å². The molecule has 4 atom stereocenters. The Labute approximate surface area is 124 Å². The molecule has 0 spiro atoms. The zero-order valence-electron chi connectivity index (χ0n) is 13.7. The van der Waals surface area contributed by atoms with E-state index in [0.29, 0.717) is 12.0 Å². The highest BCUT2D eigenvalue weighted by atomic mass is 16.2. The third kappa shape index (κ3) is 3.97. The number of carbonyl (C=O) groups is 1. The van der Waals surface area contributed by atoms with E-state index in [1.165, 1.54) is 32.1 Å². The first-order chi connectivity index (χ1) is 9.38. The lowest BCUT2D eigenvalue weighted by Crippen LogP contribution is -2.55. The molecule has 4 unspecified atom stereocenters. The maximum atomic E-state index is 12.3. The van der Waals surface area contributed by atoms with Gasteiger partial charge in [-0.2, -0.15) is 0 Å². The van der Waals surface area contributed by atoms with Crippen LogP contribution in [0.15, 0.2) is 0 Å². The van der Waals surface area contributed by atoms with Gasteiger partial charge < -0.3 is 10.6 Å². The monoisotopic (exact) mass is 280 g/mol. The van der Waals surface area contributed by atoms with E-state index in [-0.39, 0.29) is 17.4 Å². The summed E-state index contributed by atoms with van der Waals surface area (Å²) in [5.41, 5.74) is 0.252. The largest absolute Gasteiger partial charge is 0.354 e. The smallest absolute Gasteiger partial charge is 0.237 e. The Morgan fingerprint density at radius 1 is 1.20 bits per heavy atom. The van der Waals surface area contributed by atoms with Crippen molar-refractivity contribution in [2.24, 2.45) is 17.3 Å². The van der Waals surface area contributed by atoms with Gasteiger partial charge in [-0.15, -0.1) is 0 Å². The van der Waals surface area contributed by atoms with Crippen LogP contribution in [0.2, 0.25) is 0 Å². The molecule has 2 aliphatic rings. The second kappa shape index (κ2) is 6.46. The van der Waals surface area contributed by atoms with Crippen molar-refractivity contribution in [3.8, 4) is 0 Å². The van der Waals surface area contributed by atoms with Crippen LogP contribution in [0.1, 0.15) is 66.2 Å². The Kier molecular flexibility index (Phi) is 5.11. The SMILES string of the molecule is CC(CNC(=O)C1CCC2CCCCC2N1)C(C)(C)C. The molecular weight excluding hydrogens is 248 g/mol. The fraction of sp³-hybridized carbons (Fsp3) is 0.941. The zero-order valence-corrected chi connectivity index (χ0v) is 13.7. The molecule has 1 saturated heterocycles. The molecule has 1 amide bonds. The number of fused-ring (bicyclic) bond motifs is 1. The van der Waals surface area contributed by atoms with Gasteiger partial charge in [0.05, 0.1) is 6.04 Å². The summed E-state index contributed by atoms with van der Waals surface area (Å²) in [4.78, 5) is 12.3. The van der Waals surface area contributed by atoms with Crippen LogP contribution in [-0.4, -0.2) is 24.5 Å². The Bertz CT molecular complexity index is 334. The molecule has 0 aromatic rings. The Hall–Kier alpha value is -0.570. The van der Waals surface area contributed by atoms with Gasteiger partial charge in [-0.05, 0) is 42.9 Å². The molecule has 0 aromatic carbocycles. The van der Waals surface area contributed by atoms with Crippen molar-refractivity contribution in [3.05, 3.63) is 0 Å². The van der Waals surface area contributed by atoms with Crippen molar-refractivity contribution >= 4 is 5.91 Å². The minimum absolute atomic E-state index is 0.0431. The summed E-state index contributed by atoms with van der Waals surface area (Å²) in [7, 11) is 0. The number of nitrogens with one attached hydrogen (secondary N) is 2. The van der Waals surface area contributed by atoms with Crippen molar-refractivity contribution in [1.82, 2.24) is 10.6 Å². The topological polar surface area (TPSA) is 41.1 Å². The van der Waals surface area contributed by atoms with E-state index in [1.807, 2.05) is 0 Å². The Morgan fingerprint density at radius 3 is 2.60 bits per heavy atom. The van der Waals surface area contributed by atoms with Gasteiger partial charge in [0.1, 0.15) is 0 Å². The lowest BCUT2D eigenvalue weighted by molar-refractivity contribution is -0.124. The number of hydrogen-bond acceptors (Lipinski definition) is 2. The molecule has 3 heteroatoms. The fourth-order valence-electron chi connectivity index (χ4n) is 3.38. The predicted molar refractivity (Wildman–Crippen MR) is 83.5 cm³/mol. The molecule has 0 radical (unpaired) electrons. The highest BCUT2D eigenvalue weighted by molar-refractivity contribution is 5.81. The number of amides is 1. The second-order valence-corrected chi connectivity index (χ2v) is 7.96. The van der Waals surface area contributed by atoms with E-state index in [0.717, 1.165) is 18.9 Å². The molecule has 0 bridgehead atoms. The molecule has 20 heavy (non-hydrogen) atoms. The van der Waals surface area contributed by atoms with E-state index >= 15 is 0 Å². The predicted octanol–water partition coefficient (Wildman–Crippen LogP) is 3.10. The van der Waals surface area contributed by atoms with Gasteiger partial charge in [-0.1, -0.05) is 40.5 Å². The van der Waals surface area contributed by atoms with Gasteiger partial charge in [-0.25, -0.2) is 0 Å². The number of carbonyl (C=O) groups excluding carboxylic acids is 1. The second-order valence-electron chi connectivity index (χ2n) is 7.96. The molecule has 1 aliphatic heterocycles. The molecule has 0 aromatic heterocycles. The first-order valence-corrected chi connectivity index (χ1v) is 8.41. The maximum absolute atomic E-state index is 12.3. The number of rotatable bonds is 3. The fourth-order valence-corrected chi connectivity index (χ4v) is 3.38. The van der Waals surface area contributed by atoms with Crippen LogP contribution in [0.5, 0.6) is 0 Å². The standard InChI is InChI=1S/C17H32N2O/c1-12(17(2,3)4)11-18-16(20)15-10-9-13-7-5-6-8-14(13)19-15/h12-15,19H,5-11H2,1-4H3,(H,18,20). The lowest BCUT2D eigenvalue weighted by atomic mass is 9.77. The minimum atomic E-state index is 0.0431. The van der Waals surface area contributed by atoms with Crippen LogP contribution in [0.25, 0.3) is 0 Å². The lowest BCUT2D eigenvalue weighted by Gasteiger charge is -2.40. The van der Waals surface area contributed by atoms with Gasteiger partial charge in [0.2, 0.25) is 5.91 Å². The third-order valence-corrected chi connectivity index (χ3v) is 5.53. The van der Waals surface area contributed by atoms with Crippen LogP contribution in [0.3, 0.4) is 0 Å². The molecule has 2 N–H and O–H groups in total. The van der Waals surface area contributed by atoms with Crippen LogP contribution in [0, 0.1) is 17.3 Å². The summed E-state index contributed by atoms with van der Waals surface area (Å²) in [6.45, 7) is 9.69. The molecule has 2 fully saturated rings. The van der Waals surface area contributed by atoms with Crippen molar-refractivity contribution in [1.29, 1.82) is 0 Å². The van der Waals surface area contributed by atoms with Crippen molar-refractivity contribution in [2.75, 3.05) is 6.54 Å². The quantitative estimate of drug-likeness (QED) is 0.834. The van der Waals surface area contributed by atoms with Crippen LogP contribution in [0.4, 0.5) is 0 Å². The first kappa shape index (κ1) is 15.8. The average molecular weight is 280 g/mol. The van der Waals surface area contributed by atoms with Gasteiger partial charge in [0.15, 0.2) is 0 Å². The summed E-state index contributed by atoms with van der Waals surface area (Å²) in [6.07, 6.45) is 7.55. The molecule has 1 heterocycles. The van der Waals surface area contributed by atoms with E-state index < -0.39 is 0 Å². The summed E-state index contributed by atoms with van der Waals surface area (Å²) in [5.74, 6) is 1.53. The Morgan fingerprint density at radius 2 is 1.90 bits per heavy atom. The summed E-state index contributed by atoms with van der Waals surface area (Å²) < 4.78 is 0. The van der Waals surface area contributed by atoms with Gasteiger partial charge >= 0.3 is 0 Å². The van der Waals surface area contributed by atoms with Crippen LogP contribution < -0.4 is 10.6 Å². The molecule has 116 valence electrons. The average Bonchev–Trinajstić information content (AvgIpc) is 2.42. The highest BCUT2D eigenvalue weighted by Gasteiger charge is 2.34. The maximum Gasteiger partial charge on any atom is 0.237 e. The molecule has 1 saturated carbocycles. The van der Waals surface area contributed by atoms with Crippen molar-refractivity contribution in [2.45, 2.75) is 78.3 Å². The van der Waals surface area contributed by atoms with Crippen molar-refractivity contribution < 1.29 is 4.79 Å². The third-order valence-electron chi connectivity index (χ3n) is 5.53. The summed E-state index contributed by atoms with van der Waals surface area (Å²) >= 11 is 0. The molecular formula is C17H32N2O. The van der Waals surface area contributed by atoms with E-state index in [4.69, 9.17) is 0 Å². The highest BCUT2D eigenvalue weighted by Crippen LogP contribution is 2.32. The van der Waals surface area contributed by atoms with Gasteiger partial charge in [0, 0.05) is 12.6 Å². The summed E-state index contributed by atoms with van der Waals surface area (Å²) in [5, 5.41) is 6.76. The number of piperidine rings is 1. The van der Waals surface area contributed by atoms with E-state index in [2.05, 4.69) is 38.3 Å². The molecule has 3 nitrogen and oxygen atoms in total. The van der Waals surface area contributed by atoms with Crippen molar-refractivity contribution in [3.63, 3.8) is 0 Å². The van der Waals surface area contributed by atoms with E-state index in [1.54, 1.807) is 0 Å². The normalized spacial score (nSPS) is 32.3. The Balaban J connectivity index is 1.78. The van der Waals surface area contributed by atoms with Crippen LogP contribution in [-0.2, 0) is 4.79 Å². The van der Waals surface area contributed by atoms with Gasteiger partial charge in [-0.3, -0.25) is 4.79 Å². The first-order valence-electron chi connectivity index (χ1n) is 8.41. The van der Waals surface area contributed by atoms with Crippen LogP contribution >= 0.6 is 0 Å². The zero-order chi connectivity index (χ0) is 14.8. The molecule has 2 rings (SSSR count). The minimum Gasteiger partial charge on any atom is -0.354 e. The summed E-state index contributed by atoms with van der Waals surface area (Å²) in [6, 6.07) is 0.634.